The number of ether oxygens (including phenoxy) is 1. The number of anilines is 4. The van der Waals surface area contributed by atoms with E-state index in [0.717, 1.165) is 148 Å². The minimum Gasteiger partial charge on any atom is -0.493 e. The van der Waals surface area contributed by atoms with Crippen molar-refractivity contribution in [3.05, 3.63) is 120 Å². The fraction of sp³-hybridized carbons (Fsp3) is 0.396. The van der Waals surface area contributed by atoms with Crippen molar-refractivity contribution in [3.8, 4) is 5.75 Å². The van der Waals surface area contributed by atoms with Crippen LogP contribution in [-0.4, -0.2) is 108 Å². The Morgan fingerprint density at radius 2 is 1.39 bits per heavy atom. The summed E-state index contributed by atoms with van der Waals surface area (Å²) in [5.74, 6) is 2.76. The van der Waals surface area contributed by atoms with Crippen molar-refractivity contribution in [1.82, 2.24) is 24.8 Å². The molecular formula is C48H57N9O2. The number of hydrogen-bond donors (Lipinski definition) is 3. The molecule has 3 aliphatic heterocycles. The van der Waals surface area contributed by atoms with Gasteiger partial charge in [-0.15, -0.1) is 0 Å². The zero-order valence-electron chi connectivity index (χ0n) is 34.1. The number of benzene rings is 4. The van der Waals surface area contributed by atoms with Gasteiger partial charge in [0.1, 0.15) is 11.6 Å². The molecule has 5 heterocycles. The Kier molecular flexibility index (Phi) is 12.3. The quantitative estimate of drug-likeness (QED) is 0.104. The monoisotopic (exact) mass is 791 g/mol. The lowest BCUT2D eigenvalue weighted by Gasteiger charge is -2.36. The molecule has 3 aliphatic rings. The van der Waals surface area contributed by atoms with Crippen LogP contribution in [0.25, 0.3) is 21.8 Å². The van der Waals surface area contributed by atoms with Gasteiger partial charge in [0.15, 0.2) is 0 Å². The fourth-order valence-electron chi connectivity index (χ4n) is 8.96. The van der Waals surface area contributed by atoms with E-state index in [2.05, 4.69) is 126 Å². The normalized spacial score (nSPS) is 17.4. The smallest absolute Gasteiger partial charge is 0.228 e. The standard InChI is InChI=1S/C48H57N9O2/c58-34-38-31-42-45(32-46(38)59-35-37-16-22-54(23-17-37)26-21-50-44-15-20-49-43-14-8-7-13-41(43)44)52-48(57-29-27-56(28-30-57)40-11-5-2-6-12-40)53-47(42)51-39-18-24-55(25-19-39)33-36-9-3-1-4-10-36/h1-15,20,31-32,37,39,58H,16-19,21-30,33-35H2,(H,49,50)(H,51,52,53). The minimum atomic E-state index is -0.107. The predicted octanol–water partition coefficient (Wildman–Crippen LogP) is 7.28. The van der Waals surface area contributed by atoms with E-state index in [-0.39, 0.29) is 6.61 Å². The summed E-state index contributed by atoms with van der Waals surface area (Å²) in [6, 6.07) is 36.1. The van der Waals surface area contributed by atoms with Gasteiger partial charge >= 0.3 is 0 Å². The first-order chi connectivity index (χ1) is 29.1. The van der Waals surface area contributed by atoms with Gasteiger partial charge < -0.3 is 35.2 Å². The summed E-state index contributed by atoms with van der Waals surface area (Å²) >= 11 is 0. The van der Waals surface area contributed by atoms with Gasteiger partial charge in [-0.3, -0.25) is 9.88 Å². The molecular weight excluding hydrogens is 735 g/mol. The van der Waals surface area contributed by atoms with Gasteiger partial charge in [-0.2, -0.15) is 4.98 Å². The van der Waals surface area contributed by atoms with Crippen molar-refractivity contribution in [1.29, 1.82) is 0 Å². The second-order valence-electron chi connectivity index (χ2n) is 16.4. The lowest BCUT2D eigenvalue weighted by atomic mass is 9.98. The van der Waals surface area contributed by atoms with Crippen LogP contribution in [0, 0.1) is 5.92 Å². The topological polar surface area (TPSA) is 105 Å². The maximum absolute atomic E-state index is 10.6. The predicted molar refractivity (Wildman–Crippen MR) is 240 cm³/mol. The summed E-state index contributed by atoms with van der Waals surface area (Å²) < 4.78 is 6.59. The number of aliphatic hydroxyl groups is 1. The molecule has 9 rings (SSSR count). The molecule has 4 aromatic carbocycles. The van der Waals surface area contributed by atoms with Crippen molar-refractivity contribution < 1.29 is 9.84 Å². The van der Waals surface area contributed by atoms with Crippen molar-refractivity contribution >= 4 is 44.9 Å². The van der Waals surface area contributed by atoms with Crippen LogP contribution in [0.1, 0.15) is 36.8 Å². The molecule has 3 saturated heterocycles. The molecule has 6 aromatic rings. The maximum Gasteiger partial charge on any atom is 0.228 e. The summed E-state index contributed by atoms with van der Waals surface area (Å²) in [5, 5.41) is 20.2. The summed E-state index contributed by atoms with van der Waals surface area (Å²) in [4.78, 5) is 24.7. The molecule has 0 aliphatic carbocycles. The molecule has 0 atom stereocenters. The fourth-order valence-corrected chi connectivity index (χ4v) is 8.96. The van der Waals surface area contributed by atoms with E-state index in [1.165, 1.54) is 11.3 Å². The molecule has 2 aromatic heterocycles. The Balaban J connectivity index is 0.858. The highest BCUT2D eigenvalue weighted by Crippen LogP contribution is 2.33. The van der Waals surface area contributed by atoms with Gasteiger partial charge in [0.25, 0.3) is 0 Å². The Hall–Kier alpha value is -5.49. The largest absolute Gasteiger partial charge is 0.493 e. The first-order valence-corrected chi connectivity index (χ1v) is 21.6. The molecule has 306 valence electrons. The molecule has 59 heavy (non-hydrogen) atoms. The molecule has 0 radical (unpaired) electrons. The van der Waals surface area contributed by atoms with Crippen molar-refractivity contribution in [3.63, 3.8) is 0 Å². The highest BCUT2D eigenvalue weighted by molar-refractivity contribution is 5.92. The molecule has 11 nitrogen and oxygen atoms in total. The van der Waals surface area contributed by atoms with Crippen LogP contribution in [0.2, 0.25) is 0 Å². The molecule has 11 heteroatoms. The lowest BCUT2D eigenvalue weighted by Crippen LogP contribution is -2.47. The molecule has 0 saturated carbocycles. The molecule has 0 spiro atoms. The second kappa shape index (κ2) is 18.6. The lowest BCUT2D eigenvalue weighted by molar-refractivity contribution is 0.143. The molecule has 3 N–H and O–H groups in total. The van der Waals surface area contributed by atoms with Crippen LogP contribution in [0.4, 0.5) is 23.1 Å². The number of piperidine rings is 2. The van der Waals surface area contributed by atoms with Crippen LogP contribution >= 0.6 is 0 Å². The first-order valence-electron chi connectivity index (χ1n) is 21.6. The van der Waals surface area contributed by atoms with Crippen molar-refractivity contribution in [2.45, 2.75) is 44.9 Å². The number of aromatic nitrogens is 3. The van der Waals surface area contributed by atoms with Gasteiger partial charge in [0.05, 0.1) is 24.2 Å². The number of fused-ring (bicyclic) bond motifs is 2. The number of para-hydroxylation sites is 2. The highest BCUT2D eigenvalue weighted by atomic mass is 16.5. The van der Waals surface area contributed by atoms with E-state index >= 15 is 0 Å². The number of nitrogens with one attached hydrogen (secondary N) is 2. The van der Waals surface area contributed by atoms with Crippen LogP contribution in [0.5, 0.6) is 5.75 Å². The third-order valence-electron chi connectivity index (χ3n) is 12.5. The van der Waals surface area contributed by atoms with Crippen molar-refractivity contribution in [2.75, 3.05) is 92.5 Å². The van der Waals surface area contributed by atoms with Crippen molar-refractivity contribution in [2.24, 2.45) is 5.92 Å². The summed E-state index contributed by atoms with van der Waals surface area (Å²) in [6.45, 7) is 11.0. The summed E-state index contributed by atoms with van der Waals surface area (Å²) in [6.07, 6.45) is 6.12. The van der Waals surface area contributed by atoms with E-state index in [1.807, 2.05) is 18.3 Å². The zero-order chi connectivity index (χ0) is 39.8. The number of likely N-dealkylation sites (tertiary alicyclic amines) is 2. The van der Waals surface area contributed by atoms with E-state index in [4.69, 9.17) is 14.7 Å². The maximum atomic E-state index is 10.6. The van der Waals surface area contributed by atoms with Crippen LogP contribution in [-0.2, 0) is 13.2 Å². The minimum absolute atomic E-state index is 0.107. The Morgan fingerprint density at radius 3 is 2.17 bits per heavy atom. The average molecular weight is 792 g/mol. The Bertz CT molecular complexity index is 2260. The van der Waals surface area contributed by atoms with Gasteiger partial charge in [-0.25, -0.2) is 4.98 Å². The highest BCUT2D eigenvalue weighted by Gasteiger charge is 2.25. The number of aliphatic hydroxyl groups excluding tert-OH is 1. The average Bonchev–Trinajstić information content (AvgIpc) is 3.30. The second-order valence-corrected chi connectivity index (χ2v) is 16.4. The van der Waals surface area contributed by atoms with Gasteiger partial charge in [0, 0.05) is 105 Å². The molecule has 0 bridgehead atoms. The van der Waals surface area contributed by atoms with Gasteiger partial charge in [-0.1, -0.05) is 66.7 Å². The summed E-state index contributed by atoms with van der Waals surface area (Å²) in [5.41, 5.74) is 6.39. The Morgan fingerprint density at radius 1 is 0.678 bits per heavy atom. The first kappa shape index (κ1) is 39.0. The van der Waals surface area contributed by atoms with Gasteiger partial charge in [0.2, 0.25) is 5.95 Å². The van der Waals surface area contributed by atoms with E-state index in [9.17, 15) is 5.11 Å². The summed E-state index contributed by atoms with van der Waals surface area (Å²) in [7, 11) is 0. The zero-order valence-corrected chi connectivity index (χ0v) is 34.1. The van der Waals surface area contributed by atoms with Crippen LogP contribution < -0.4 is 25.2 Å². The number of hydrogen-bond acceptors (Lipinski definition) is 11. The van der Waals surface area contributed by atoms with Gasteiger partial charge in [-0.05, 0) is 80.6 Å². The number of pyridine rings is 1. The number of piperazine rings is 1. The van der Waals surface area contributed by atoms with E-state index in [0.29, 0.717) is 18.6 Å². The third-order valence-corrected chi connectivity index (χ3v) is 12.5. The Labute approximate surface area is 348 Å². The molecule has 0 unspecified atom stereocenters. The number of nitrogens with zero attached hydrogens (tertiary/aromatic N) is 7. The van der Waals surface area contributed by atoms with E-state index in [1.54, 1.807) is 0 Å². The third kappa shape index (κ3) is 9.54. The van der Waals surface area contributed by atoms with E-state index < -0.39 is 0 Å². The molecule has 0 amide bonds. The SMILES string of the molecule is OCc1cc2c(NC3CCN(Cc4ccccc4)CC3)nc(N3CCN(c4ccccc4)CC3)nc2cc1OCC1CCN(CCNc2ccnc3ccccc23)CC1. The molecule has 3 fully saturated rings. The van der Waals surface area contributed by atoms with Crippen LogP contribution in [0.3, 0.4) is 0 Å². The number of rotatable bonds is 14. The van der Waals surface area contributed by atoms with Crippen LogP contribution in [0.15, 0.2) is 109 Å².